The Labute approximate surface area is 276 Å². The number of nitrogens with zero attached hydrogens (tertiary/aromatic N) is 5. The van der Waals surface area contributed by atoms with Gasteiger partial charge in [0.25, 0.3) is 5.56 Å². The number of aliphatic hydroxyl groups is 1. The van der Waals surface area contributed by atoms with Gasteiger partial charge in [0.15, 0.2) is 0 Å². The largest absolute Gasteiger partial charge is 0.501 e. The molecule has 11 nitrogen and oxygen atoms in total. The van der Waals surface area contributed by atoms with Crippen LogP contribution < -0.4 is 11.2 Å². The second-order valence-corrected chi connectivity index (χ2v) is 12.8. The Morgan fingerprint density at radius 3 is 2.26 bits per heavy atom. The number of carbonyl (C=O) groups excluding carboxylic acids is 1. The van der Waals surface area contributed by atoms with E-state index in [0.29, 0.717) is 23.2 Å². The molecule has 46 heavy (non-hydrogen) atoms. The maximum absolute atomic E-state index is 13.4. The van der Waals surface area contributed by atoms with Gasteiger partial charge in [-0.1, -0.05) is 37.8 Å². The van der Waals surface area contributed by atoms with Crippen LogP contribution in [0.15, 0.2) is 52.0 Å². The Bertz CT molecular complexity index is 1530. The highest BCUT2D eigenvalue weighted by Gasteiger charge is 2.26. The number of carbonyl (C=O) groups is 1. The molecule has 0 atom stereocenters. The minimum Gasteiger partial charge on any atom is -0.501 e. The zero-order valence-corrected chi connectivity index (χ0v) is 29.7. The number of thiophene rings is 1. The van der Waals surface area contributed by atoms with E-state index >= 15 is 0 Å². The van der Waals surface area contributed by atoms with Crippen molar-refractivity contribution in [1.82, 2.24) is 23.8 Å². The average Bonchev–Trinajstić information content (AvgIpc) is 3.82. The topological polar surface area (TPSA) is 121 Å². The van der Waals surface area contributed by atoms with Crippen LogP contribution in [0.4, 0.5) is 0 Å². The van der Waals surface area contributed by atoms with Crippen molar-refractivity contribution in [1.29, 1.82) is 0 Å². The van der Waals surface area contributed by atoms with Crippen molar-refractivity contribution >= 4 is 28.0 Å². The van der Waals surface area contributed by atoms with Crippen LogP contribution in [0.25, 0.3) is 15.2 Å². The third-order valence-electron chi connectivity index (χ3n) is 7.66. The maximum atomic E-state index is 13.4. The number of methoxy groups -OCH3 is 1. The standard InChI is InChI=1S/C22H28N4O3S.C5H9NO.C5H10O2.C2H6/c1-8-16(15(3)29-7)10-13-24-20-17(18(27)26(21(24)28)22(4,5)6)14(2)19(30-20)25-12-9-11-23-25;7-5-6-3-1-2-4-6;6-5-1-3-7-4-2-5;1-2/h8-9,11-12H,1,10,13H2,2-7H3;5H,1-4H2;5-6H,1-4H2;1-2H3/b16-15-;;;. The minimum atomic E-state index is -0.649. The molecule has 256 valence electrons. The number of allylic oxidation sites excluding steroid dienone is 3. The van der Waals surface area contributed by atoms with Crippen LogP contribution in [0.1, 0.15) is 79.2 Å². The third-order valence-corrected chi connectivity index (χ3v) is 8.97. The molecule has 0 radical (unpaired) electrons. The first-order chi connectivity index (χ1) is 21.9. The molecule has 0 aromatic carbocycles. The molecule has 0 aliphatic carbocycles. The number of likely N-dealkylation sites (tertiary alicyclic amines) is 1. The SMILES string of the molecule is C=C/C(CCn1c(=O)n(C(C)(C)C)c(=O)c2c(C)c(-n3cccn3)sc21)=C(\C)OC.CC.O=CN1CCCC1.OC1CCOCC1. The lowest BCUT2D eigenvalue weighted by Gasteiger charge is -2.23. The first-order valence-corrected chi connectivity index (χ1v) is 16.9. The highest BCUT2D eigenvalue weighted by molar-refractivity contribution is 7.21. The van der Waals surface area contributed by atoms with Crippen LogP contribution in [0.5, 0.6) is 0 Å². The molecule has 0 unspecified atom stereocenters. The number of aromatic nitrogens is 4. The molecule has 1 amide bonds. The number of aryl methyl sites for hydroxylation is 2. The number of aliphatic hydroxyl groups excluding tert-OH is 1. The van der Waals surface area contributed by atoms with Crippen molar-refractivity contribution in [3.63, 3.8) is 0 Å². The zero-order chi connectivity index (χ0) is 34.4. The summed E-state index contributed by atoms with van der Waals surface area (Å²) in [5.74, 6) is 0.762. The van der Waals surface area contributed by atoms with Gasteiger partial charge in [0.2, 0.25) is 6.41 Å². The first kappa shape index (κ1) is 38.7. The highest BCUT2D eigenvalue weighted by Crippen LogP contribution is 2.31. The predicted octanol–water partition coefficient (Wildman–Crippen LogP) is 5.39. The second kappa shape index (κ2) is 18.6. The molecule has 0 bridgehead atoms. The summed E-state index contributed by atoms with van der Waals surface area (Å²) in [6.45, 7) is 21.1. The molecule has 5 heterocycles. The summed E-state index contributed by atoms with van der Waals surface area (Å²) in [7, 11) is 1.61. The van der Waals surface area contributed by atoms with Crippen molar-refractivity contribution in [3.05, 3.63) is 68.8 Å². The summed E-state index contributed by atoms with van der Waals surface area (Å²) in [5.41, 5.74) is 0.518. The summed E-state index contributed by atoms with van der Waals surface area (Å²) in [6.07, 6.45) is 10.7. The van der Waals surface area contributed by atoms with Crippen LogP contribution in [0, 0.1) is 6.92 Å². The Morgan fingerprint density at radius 1 is 1.20 bits per heavy atom. The van der Waals surface area contributed by atoms with Gasteiger partial charge in [-0.15, -0.1) is 0 Å². The van der Waals surface area contributed by atoms with Gasteiger partial charge in [-0.2, -0.15) is 5.10 Å². The number of fused-ring (bicyclic) bond motifs is 1. The lowest BCUT2D eigenvalue weighted by molar-refractivity contribution is -0.117. The van der Waals surface area contributed by atoms with E-state index in [1.54, 1.807) is 33.5 Å². The lowest BCUT2D eigenvalue weighted by Crippen LogP contribution is -2.47. The average molecular weight is 660 g/mol. The third kappa shape index (κ3) is 10.0. The van der Waals surface area contributed by atoms with E-state index in [4.69, 9.17) is 14.6 Å². The van der Waals surface area contributed by atoms with Gasteiger partial charge >= 0.3 is 5.69 Å². The number of hydrogen-bond acceptors (Lipinski definition) is 8. The van der Waals surface area contributed by atoms with E-state index in [0.717, 1.165) is 67.5 Å². The minimum absolute atomic E-state index is 0.0891. The maximum Gasteiger partial charge on any atom is 0.332 e. The second-order valence-electron chi connectivity index (χ2n) is 11.8. The molecular formula is C34H53N5O6S. The van der Waals surface area contributed by atoms with Crippen molar-refractivity contribution < 1.29 is 19.4 Å². The lowest BCUT2D eigenvalue weighted by atomic mass is 10.1. The Balaban J connectivity index is 0.000000373. The van der Waals surface area contributed by atoms with Crippen molar-refractivity contribution in [2.24, 2.45) is 0 Å². The van der Waals surface area contributed by atoms with Gasteiger partial charge in [-0.3, -0.25) is 18.7 Å². The van der Waals surface area contributed by atoms with Crippen LogP contribution in [0.2, 0.25) is 0 Å². The van der Waals surface area contributed by atoms with Crippen LogP contribution >= 0.6 is 11.3 Å². The smallest absolute Gasteiger partial charge is 0.332 e. The first-order valence-electron chi connectivity index (χ1n) is 16.0. The molecule has 0 saturated carbocycles. The van der Waals surface area contributed by atoms with Crippen LogP contribution in [-0.2, 0) is 26.4 Å². The molecule has 5 rings (SSSR count). The summed E-state index contributed by atoms with van der Waals surface area (Å²) < 4.78 is 15.1. The van der Waals surface area contributed by atoms with E-state index in [2.05, 4.69) is 11.7 Å². The van der Waals surface area contributed by atoms with Crippen molar-refractivity contribution in [2.45, 2.75) is 98.8 Å². The number of hydrogen-bond donors (Lipinski definition) is 1. The van der Waals surface area contributed by atoms with Gasteiger partial charge in [-0.25, -0.2) is 9.48 Å². The van der Waals surface area contributed by atoms with Gasteiger partial charge in [0.05, 0.1) is 24.4 Å². The molecule has 1 N–H and O–H groups in total. The quantitative estimate of drug-likeness (QED) is 0.205. The fraction of sp³-hybridized carbons (Fsp3) is 0.588. The molecule has 2 aliphatic rings. The molecule has 2 saturated heterocycles. The molecule has 0 spiro atoms. The summed E-state index contributed by atoms with van der Waals surface area (Å²) in [6, 6.07) is 1.83. The van der Waals surface area contributed by atoms with Gasteiger partial charge in [-0.05, 0) is 78.4 Å². The van der Waals surface area contributed by atoms with E-state index in [1.807, 2.05) is 60.7 Å². The molecule has 2 aliphatic heterocycles. The predicted molar refractivity (Wildman–Crippen MR) is 186 cm³/mol. The summed E-state index contributed by atoms with van der Waals surface area (Å²) in [5, 5.41) is 14.5. The van der Waals surface area contributed by atoms with E-state index in [-0.39, 0.29) is 17.4 Å². The van der Waals surface area contributed by atoms with E-state index in [9.17, 15) is 14.4 Å². The van der Waals surface area contributed by atoms with Crippen LogP contribution in [-0.4, -0.2) is 74.8 Å². The molecule has 3 aromatic heterocycles. The van der Waals surface area contributed by atoms with E-state index in [1.165, 1.54) is 28.7 Å². The fourth-order valence-corrected chi connectivity index (χ4v) is 6.31. The van der Waals surface area contributed by atoms with Crippen molar-refractivity contribution in [2.75, 3.05) is 33.4 Å². The molecule has 3 aromatic rings. The number of amides is 1. The Kier molecular flexibility index (Phi) is 15.7. The van der Waals surface area contributed by atoms with Gasteiger partial charge < -0.3 is 19.5 Å². The summed E-state index contributed by atoms with van der Waals surface area (Å²) in [4.78, 5) is 39.2. The highest BCUT2D eigenvalue weighted by atomic mass is 32.1. The Morgan fingerprint density at radius 2 is 1.83 bits per heavy atom. The molecule has 12 heteroatoms. The van der Waals surface area contributed by atoms with Gasteiger partial charge in [0.1, 0.15) is 9.83 Å². The number of ether oxygens (including phenoxy) is 2. The van der Waals surface area contributed by atoms with E-state index < -0.39 is 5.54 Å². The monoisotopic (exact) mass is 659 g/mol. The fourth-order valence-electron chi connectivity index (χ4n) is 5.05. The molecule has 2 fully saturated rings. The number of rotatable bonds is 7. The van der Waals surface area contributed by atoms with Crippen molar-refractivity contribution in [3.8, 4) is 5.00 Å². The van der Waals surface area contributed by atoms with Gasteiger partial charge in [0, 0.05) is 56.3 Å². The Hall–Kier alpha value is -3.48. The normalized spacial score (nSPS) is 15.5. The van der Waals surface area contributed by atoms with Crippen LogP contribution in [0.3, 0.4) is 0 Å². The molecular weight excluding hydrogens is 606 g/mol. The summed E-state index contributed by atoms with van der Waals surface area (Å²) >= 11 is 1.41. The zero-order valence-electron chi connectivity index (χ0n) is 28.9.